The van der Waals surface area contributed by atoms with Crippen LogP contribution < -0.4 is 0 Å². The minimum atomic E-state index is -0.565. The zero-order valence-electron chi connectivity index (χ0n) is 11.2. The van der Waals surface area contributed by atoms with E-state index in [1.807, 2.05) is 6.92 Å². The molecule has 0 saturated carbocycles. The summed E-state index contributed by atoms with van der Waals surface area (Å²) in [6, 6.07) is 0. The van der Waals surface area contributed by atoms with E-state index in [2.05, 4.69) is 14.9 Å². The molecule has 0 radical (unpaired) electrons. The van der Waals surface area contributed by atoms with Gasteiger partial charge in [0.2, 0.25) is 11.7 Å². The molecule has 1 aliphatic rings. The van der Waals surface area contributed by atoms with Crippen molar-refractivity contribution < 1.29 is 23.5 Å². The van der Waals surface area contributed by atoms with Crippen LogP contribution in [0.4, 0.5) is 0 Å². The summed E-state index contributed by atoms with van der Waals surface area (Å²) in [4.78, 5) is 15.4. The summed E-state index contributed by atoms with van der Waals surface area (Å²) in [6.07, 6.45) is 1.33. The van der Waals surface area contributed by atoms with Crippen LogP contribution in [-0.4, -0.2) is 43.0 Å². The highest BCUT2D eigenvalue weighted by molar-refractivity contribution is 5.71. The first kappa shape index (κ1) is 14.0. The maximum absolute atomic E-state index is 11.2. The molecule has 19 heavy (non-hydrogen) atoms. The van der Waals surface area contributed by atoms with Gasteiger partial charge in [0.15, 0.2) is 0 Å². The molecule has 0 atom stereocenters. The highest BCUT2D eigenvalue weighted by Crippen LogP contribution is 2.34. The van der Waals surface area contributed by atoms with Crippen LogP contribution in [-0.2, 0) is 31.0 Å². The van der Waals surface area contributed by atoms with Crippen molar-refractivity contribution in [3.05, 3.63) is 11.7 Å². The Hall–Kier alpha value is -1.47. The second-order valence-corrected chi connectivity index (χ2v) is 4.30. The molecular weight excluding hydrogens is 252 g/mol. The number of carbonyl (C=O) groups excluding carboxylic acids is 1. The Kier molecular flexibility index (Phi) is 4.49. The third-order valence-electron chi connectivity index (χ3n) is 3.12. The molecule has 0 spiro atoms. The van der Waals surface area contributed by atoms with Crippen LogP contribution in [0.25, 0.3) is 0 Å². The van der Waals surface area contributed by atoms with Crippen molar-refractivity contribution in [1.82, 2.24) is 10.1 Å². The Morgan fingerprint density at radius 3 is 2.79 bits per heavy atom. The predicted molar refractivity (Wildman–Crippen MR) is 63.4 cm³/mol. The average molecular weight is 270 g/mol. The summed E-state index contributed by atoms with van der Waals surface area (Å²) in [5.41, 5.74) is -0.565. The van der Waals surface area contributed by atoms with Crippen LogP contribution >= 0.6 is 0 Å². The van der Waals surface area contributed by atoms with Gasteiger partial charge in [0.25, 0.3) is 0 Å². The van der Waals surface area contributed by atoms with Gasteiger partial charge in [0, 0.05) is 32.7 Å². The number of aromatic nitrogens is 2. The molecule has 2 rings (SSSR count). The SMILES string of the molecule is CCOC1(c2noc(CC(=O)OC)n2)CCOCC1. The molecule has 1 aromatic rings. The van der Waals surface area contributed by atoms with E-state index in [-0.39, 0.29) is 12.3 Å². The third-order valence-corrected chi connectivity index (χ3v) is 3.12. The van der Waals surface area contributed by atoms with Crippen LogP contribution in [0.1, 0.15) is 31.5 Å². The van der Waals surface area contributed by atoms with E-state index in [1.165, 1.54) is 7.11 Å². The number of esters is 1. The maximum atomic E-state index is 11.2. The minimum Gasteiger partial charge on any atom is -0.469 e. The molecule has 2 heterocycles. The molecule has 0 unspecified atom stereocenters. The zero-order chi connectivity index (χ0) is 13.7. The molecule has 0 aromatic carbocycles. The number of carbonyl (C=O) groups is 1. The Morgan fingerprint density at radius 2 is 2.16 bits per heavy atom. The molecule has 7 nitrogen and oxygen atoms in total. The maximum Gasteiger partial charge on any atom is 0.315 e. The van der Waals surface area contributed by atoms with Crippen LogP contribution in [0.2, 0.25) is 0 Å². The minimum absolute atomic E-state index is 0.0256. The van der Waals surface area contributed by atoms with E-state index in [4.69, 9.17) is 14.0 Å². The fraction of sp³-hybridized carbons (Fsp3) is 0.750. The molecule has 1 saturated heterocycles. The van der Waals surface area contributed by atoms with Crippen LogP contribution in [0.5, 0.6) is 0 Å². The Morgan fingerprint density at radius 1 is 1.42 bits per heavy atom. The van der Waals surface area contributed by atoms with Crippen LogP contribution in [0.15, 0.2) is 4.52 Å². The van der Waals surface area contributed by atoms with Crippen LogP contribution in [0.3, 0.4) is 0 Å². The second kappa shape index (κ2) is 6.12. The number of ether oxygens (including phenoxy) is 3. The normalized spacial score (nSPS) is 18.2. The van der Waals surface area contributed by atoms with Gasteiger partial charge in [-0.25, -0.2) is 0 Å². The lowest BCUT2D eigenvalue weighted by molar-refractivity contribution is -0.140. The van der Waals surface area contributed by atoms with Crippen molar-refractivity contribution in [2.24, 2.45) is 0 Å². The fourth-order valence-corrected chi connectivity index (χ4v) is 2.12. The standard InChI is InChI=1S/C12H18N2O5/c1-3-18-12(4-6-17-7-5-12)11-13-9(19-14-11)8-10(15)16-2/h3-8H2,1-2H3. The molecule has 0 N–H and O–H groups in total. The molecule has 7 heteroatoms. The van der Waals surface area contributed by atoms with Crippen molar-refractivity contribution in [3.8, 4) is 0 Å². The smallest absolute Gasteiger partial charge is 0.315 e. The largest absolute Gasteiger partial charge is 0.469 e. The van der Waals surface area contributed by atoms with E-state index in [0.717, 1.165) is 0 Å². The lowest BCUT2D eigenvalue weighted by Crippen LogP contribution is -2.37. The first-order valence-electron chi connectivity index (χ1n) is 6.32. The summed E-state index contributed by atoms with van der Waals surface area (Å²) in [5.74, 6) is 0.316. The van der Waals surface area contributed by atoms with Crippen LogP contribution in [0, 0.1) is 0 Å². The van der Waals surface area contributed by atoms with Gasteiger partial charge in [-0.05, 0) is 6.92 Å². The van der Waals surface area contributed by atoms with Gasteiger partial charge >= 0.3 is 5.97 Å². The molecule has 0 bridgehead atoms. The van der Waals surface area contributed by atoms with Crippen molar-refractivity contribution in [2.75, 3.05) is 26.9 Å². The average Bonchev–Trinajstić information content (AvgIpc) is 2.89. The lowest BCUT2D eigenvalue weighted by Gasteiger charge is -2.33. The first-order chi connectivity index (χ1) is 9.20. The number of rotatable bonds is 5. The van der Waals surface area contributed by atoms with Crippen molar-refractivity contribution in [1.29, 1.82) is 0 Å². The summed E-state index contributed by atoms with van der Waals surface area (Å²) in [5, 5.41) is 3.94. The van der Waals surface area contributed by atoms with Gasteiger partial charge in [-0.1, -0.05) is 5.16 Å². The van der Waals surface area contributed by atoms with E-state index in [1.54, 1.807) is 0 Å². The highest BCUT2D eigenvalue weighted by Gasteiger charge is 2.39. The van der Waals surface area contributed by atoms with Gasteiger partial charge < -0.3 is 18.7 Å². The molecule has 0 amide bonds. The molecule has 1 fully saturated rings. The van der Waals surface area contributed by atoms with Gasteiger partial charge in [0.1, 0.15) is 12.0 Å². The molecule has 0 aliphatic carbocycles. The van der Waals surface area contributed by atoms with E-state index >= 15 is 0 Å². The fourth-order valence-electron chi connectivity index (χ4n) is 2.12. The third kappa shape index (κ3) is 3.10. The van der Waals surface area contributed by atoms with Gasteiger partial charge in [-0.15, -0.1) is 0 Å². The number of hydrogen-bond donors (Lipinski definition) is 0. The van der Waals surface area contributed by atoms with E-state index in [9.17, 15) is 4.79 Å². The molecule has 1 aliphatic heterocycles. The molecular formula is C12H18N2O5. The first-order valence-corrected chi connectivity index (χ1v) is 6.32. The van der Waals surface area contributed by atoms with E-state index < -0.39 is 11.6 Å². The Balaban J connectivity index is 2.15. The Bertz CT molecular complexity index is 420. The topological polar surface area (TPSA) is 83.7 Å². The number of hydrogen-bond acceptors (Lipinski definition) is 7. The van der Waals surface area contributed by atoms with Gasteiger partial charge in [-0.2, -0.15) is 4.98 Å². The monoisotopic (exact) mass is 270 g/mol. The highest BCUT2D eigenvalue weighted by atomic mass is 16.5. The number of nitrogens with zero attached hydrogens (tertiary/aromatic N) is 2. The Labute approximate surface area is 111 Å². The molecule has 106 valence electrons. The van der Waals surface area contributed by atoms with Crippen molar-refractivity contribution >= 4 is 5.97 Å². The second-order valence-electron chi connectivity index (χ2n) is 4.30. The summed E-state index contributed by atoms with van der Waals surface area (Å²) < 4.78 is 20.8. The summed E-state index contributed by atoms with van der Waals surface area (Å²) >= 11 is 0. The summed E-state index contributed by atoms with van der Waals surface area (Å²) in [7, 11) is 1.32. The lowest BCUT2D eigenvalue weighted by atomic mass is 9.93. The van der Waals surface area contributed by atoms with E-state index in [0.29, 0.717) is 38.5 Å². The van der Waals surface area contributed by atoms with Gasteiger partial charge in [0.05, 0.1) is 7.11 Å². The quantitative estimate of drug-likeness (QED) is 0.732. The van der Waals surface area contributed by atoms with Crippen molar-refractivity contribution in [2.45, 2.75) is 31.8 Å². The summed E-state index contributed by atoms with van der Waals surface area (Å²) in [6.45, 7) is 3.68. The predicted octanol–water partition coefficient (Wildman–Crippen LogP) is 0.827. The zero-order valence-corrected chi connectivity index (χ0v) is 11.2. The number of methoxy groups -OCH3 is 1. The molecule has 1 aromatic heterocycles. The van der Waals surface area contributed by atoms with Gasteiger partial charge in [-0.3, -0.25) is 4.79 Å². The van der Waals surface area contributed by atoms with Crippen molar-refractivity contribution in [3.63, 3.8) is 0 Å².